The number of amides is 1. The van der Waals surface area contributed by atoms with Gasteiger partial charge in [-0.1, -0.05) is 18.2 Å². The summed E-state index contributed by atoms with van der Waals surface area (Å²) in [6.45, 7) is 4.83. The van der Waals surface area contributed by atoms with Crippen molar-refractivity contribution in [3.05, 3.63) is 29.4 Å². The van der Waals surface area contributed by atoms with Gasteiger partial charge >= 0.3 is 0 Å². The Balaban J connectivity index is 1.86. The third-order valence-corrected chi connectivity index (χ3v) is 8.93. The number of sulfonamides is 1. The van der Waals surface area contributed by atoms with E-state index in [1.807, 2.05) is 6.92 Å². The van der Waals surface area contributed by atoms with Crippen molar-refractivity contribution in [2.24, 2.45) is 5.92 Å². The van der Waals surface area contributed by atoms with Crippen molar-refractivity contribution in [1.82, 2.24) is 24.2 Å². The fourth-order valence-corrected chi connectivity index (χ4v) is 6.05. The van der Waals surface area contributed by atoms with Gasteiger partial charge in [-0.05, 0) is 24.8 Å². The molecule has 0 radical (unpaired) electrons. The average Bonchev–Trinajstić information content (AvgIpc) is 3.45. The molecule has 1 aliphatic rings. The van der Waals surface area contributed by atoms with Crippen LogP contribution >= 0.6 is 11.3 Å². The molecule has 3 atom stereocenters. The standard InChI is InChI=1S/C20H31N5O5S2/c1-15-11-24(16(2)13-26)19(27)6-4-8-25-17(10-21-22-25)14-30-18(15)12-23(3)32(28,29)20-7-5-9-31-20/h5,7,9-10,15-16,18,26H,4,6,8,11-14H2,1-3H3/t15-,16-,18+/m1/s1. The van der Waals surface area contributed by atoms with E-state index in [0.717, 1.165) is 5.69 Å². The van der Waals surface area contributed by atoms with Crippen LogP contribution in [0.5, 0.6) is 0 Å². The summed E-state index contributed by atoms with van der Waals surface area (Å²) in [4.78, 5) is 14.6. The van der Waals surface area contributed by atoms with Crippen LogP contribution in [-0.4, -0.2) is 82.5 Å². The molecule has 1 amide bonds. The minimum Gasteiger partial charge on any atom is -0.394 e. The highest BCUT2D eigenvalue weighted by molar-refractivity contribution is 7.91. The molecule has 178 valence electrons. The Hall–Kier alpha value is -1.86. The van der Waals surface area contributed by atoms with Gasteiger partial charge < -0.3 is 14.7 Å². The van der Waals surface area contributed by atoms with E-state index >= 15 is 0 Å². The number of carbonyl (C=O) groups is 1. The monoisotopic (exact) mass is 485 g/mol. The largest absolute Gasteiger partial charge is 0.394 e. The first-order chi connectivity index (χ1) is 15.2. The lowest BCUT2D eigenvalue weighted by Gasteiger charge is -2.35. The molecular weight excluding hydrogens is 454 g/mol. The summed E-state index contributed by atoms with van der Waals surface area (Å²) < 4.78 is 35.3. The molecule has 1 N–H and O–H groups in total. The molecule has 32 heavy (non-hydrogen) atoms. The Labute approximate surface area is 192 Å². The number of thiophene rings is 1. The highest BCUT2D eigenvalue weighted by Gasteiger charge is 2.31. The number of likely N-dealkylation sites (N-methyl/N-ethyl adjacent to an activating group) is 1. The van der Waals surface area contributed by atoms with Crippen LogP contribution in [-0.2, 0) is 32.7 Å². The lowest BCUT2D eigenvalue weighted by molar-refractivity contribution is -0.136. The SMILES string of the molecule is C[C@@H]1CN([C@H](C)CO)C(=O)CCCn2nncc2CO[C@H]1CN(C)S(=O)(=O)c1cccs1. The summed E-state index contributed by atoms with van der Waals surface area (Å²) in [7, 11) is -2.11. The molecule has 0 saturated carbocycles. The number of hydrogen-bond acceptors (Lipinski definition) is 8. The molecule has 0 bridgehead atoms. The van der Waals surface area contributed by atoms with Crippen LogP contribution in [0.15, 0.2) is 27.9 Å². The maximum absolute atomic E-state index is 12.9. The quantitative estimate of drug-likeness (QED) is 0.653. The molecule has 1 aliphatic heterocycles. The van der Waals surface area contributed by atoms with E-state index in [2.05, 4.69) is 10.3 Å². The average molecular weight is 486 g/mol. The van der Waals surface area contributed by atoms with Gasteiger partial charge in [0.05, 0.1) is 37.3 Å². The minimum absolute atomic E-state index is 0.0565. The maximum Gasteiger partial charge on any atom is 0.252 e. The summed E-state index contributed by atoms with van der Waals surface area (Å²) in [5.74, 6) is -0.239. The number of aliphatic hydroxyl groups is 1. The molecule has 0 unspecified atom stereocenters. The van der Waals surface area contributed by atoms with Gasteiger partial charge in [0.2, 0.25) is 5.91 Å². The number of aliphatic hydroxyl groups excluding tert-OH is 1. The van der Waals surface area contributed by atoms with Crippen molar-refractivity contribution in [2.75, 3.05) is 26.7 Å². The van der Waals surface area contributed by atoms with Crippen LogP contribution in [0, 0.1) is 5.92 Å². The van der Waals surface area contributed by atoms with Crippen molar-refractivity contribution in [1.29, 1.82) is 0 Å². The summed E-state index contributed by atoms with van der Waals surface area (Å²) in [6.07, 6.45) is 2.07. The van der Waals surface area contributed by atoms with Gasteiger partial charge in [0.15, 0.2) is 0 Å². The van der Waals surface area contributed by atoms with E-state index in [0.29, 0.717) is 25.9 Å². The third kappa shape index (κ3) is 5.73. The third-order valence-electron chi connectivity index (χ3n) is 5.74. The fourth-order valence-electron chi connectivity index (χ4n) is 3.66. The first kappa shape index (κ1) is 24.8. The van der Waals surface area contributed by atoms with Crippen molar-refractivity contribution in [3.63, 3.8) is 0 Å². The van der Waals surface area contributed by atoms with Gasteiger partial charge in [0.1, 0.15) is 4.21 Å². The normalized spacial score (nSPS) is 22.3. The summed E-state index contributed by atoms with van der Waals surface area (Å²) >= 11 is 1.17. The van der Waals surface area contributed by atoms with Crippen LogP contribution in [0.4, 0.5) is 0 Å². The fraction of sp³-hybridized carbons (Fsp3) is 0.650. The molecule has 0 aromatic carbocycles. The van der Waals surface area contributed by atoms with Gasteiger partial charge in [-0.3, -0.25) is 4.79 Å². The first-order valence-corrected chi connectivity index (χ1v) is 12.9. The van der Waals surface area contributed by atoms with Gasteiger partial charge in [0, 0.05) is 39.0 Å². The van der Waals surface area contributed by atoms with E-state index in [1.165, 1.54) is 22.7 Å². The molecule has 0 fully saturated rings. The van der Waals surface area contributed by atoms with Crippen molar-refractivity contribution < 1.29 is 23.1 Å². The Morgan fingerprint density at radius 1 is 1.44 bits per heavy atom. The number of hydrogen-bond donors (Lipinski definition) is 1. The van der Waals surface area contributed by atoms with Crippen LogP contribution < -0.4 is 0 Å². The second kappa shape index (κ2) is 10.8. The number of aryl methyl sites for hydroxylation is 1. The van der Waals surface area contributed by atoms with Crippen molar-refractivity contribution >= 4 is 27.3 Å². The van der Waals surface area contributed by atoms with Gasteiger partial charge in [0.25, 0.3) is 10.0 Å². The Kier molecular flexibility index (Phi) is 8.39. The topological polar surface area (TPSA) is 118 Å². The summed E-state index contributed by atoms with van der Waals surface area (Å²) in [6, 6.07) is 2.94. The molecule has 3 heterocycles. The second-order valence-corrected chi connectivity index (χ2v) is 11.4. The van der Waals surface area contributed by atoms with Crippen LogP contribution in [0.3, 0.4) is 0 Å². The number of fused-ring (bicyclic) bond motifs is 1. The molecular formula is C20H31N5O5S2. The summed E-state index contributed by atoms with van der Waals surface area (Å²) in [5.41, 5.74) is 0.777. The molecule has 3 rings (SSSR count). The van der Waals surface area contributed by atoms with Crippen molar-refractivity contribution in [3.8, 4) is 0 Å². The predicted octanol–water partition coefficient (Wildman–Crippen LogP) is 1.18. The number of rotatable bonds is 6. The molecule has 2 aromatic rings. The molecule has 2 aromatic heterocycles. The lowest BCUT2D eigenvalue weighted by atomic mass is 10.0. The molecule has 0 saturated heterocycles. The van der Waals surface area contributed by atoms with Gasteiger partial charge in [-0.25, -0.2) is 13.1 Å². The zero-order valence-electron chi connectivity index (χ0n) is 18.6. The zero-order valence-corrected chi connectivity index (χ0v) is 20.3. The van der Waals surface area contributed by atoms with E-state index in [4.69, 9.17) is 4.74 Å². The first-order valence-electron chi connectivity index (χ1n) is 10.6. The maximum atomic E-state index is 12.9. The molecule has 10 nitrogen and oxygen atoms in total. The Morgan fingerprint density at radius 3 is 2.91 bits per heavy atom. The van der Waals surface area contributed by atoms with Crippen LogP contribution in [0.2, 0.25) is 0 Å². The zero-order chi connectivity index (χ0) is 23.3. The predicted molar refractivity (Wildman–Crippen MR) is 119 cm³/mol. The molecule has 0 spiro atoms. The number of ether oxygens (including phenoxy) is 1. The van der Waals surface area contributed by atoms with Crippen molar-refractivity contribution in [2.45, 2.75) is 56.2 Å². The highest BCUT2D eigenvalue weighted by atomic mass is 32.2. The molecule has 0 aliphatic carbocycles. The Bertz CT molecular complexity index is 978. The Morgan fingerprint density at radius 2 is 2.22 bits per heavy atom. The summed E-state index contributed by atoms with van der Waals surface area (Å²) in [5, 5.41) is 19.4. The van der Waals surface area contributed by atoms with Crippen LogP contribution in [0.25, 0.3) is 0 Å². The number of nitrogens with zero attached hydrogens (tertiary/aromatic N) is 5. The highest BCUT2D eigenvalue weighted by Crippen LogP contribution is 2.23. The van der Waals surface area contributed by atoms with Gasteiger partial charge in [-0.15, -0.1) is 16.4 Å². The van der Waals surface area contributed by atoms with E-state index in [-0.39, 0.29) is 41.8 Å². The minimum atomic E-state index is -3.64. The van der Waals surface area contributed by atoms with Gasteiger partial charge in [-0.2, -0.15) is 4.31 Å². The van der Waals surface area contributed by atoms with Crippen LogP contribution in [0.1, 0.15) is 32.4 Å². The van der Waals surface area contributed by atoms with E-state index in [9.17, 15) is 18.3 Å². The number of carbonyl (C=O) groups excluding carboxylic acids is 1. The lowest BCUT2D eigenvalue weighted by Crippen LogP contribution is -2.47. The molecule has 12 heteroatoms. The van der Waals surface area contributed by atoms with E-state index < -0.39 is 16.1 Å². The second-order valence-electron chi connectivity index (χ2n) is 8.17. The van der Waals surface area contributed by atoms with E-state index in [1.54, 1.807) is 40.2 Å². The number of aromatic nitrogens is 3. The smallest absolute Gasteiger partial charge is 0.252 e.